The number of unbranched alkanes of at least 4 members (excludes halogenated alkanes) is 1. The number of nitrogens with one attached hydrogen (secondary N) is 1. The highest BCUT2D eigenvalue weighted by molar-refractivity contribution is 6.74. The summed E-state index contributed by atoms with van der Waals surface area (Å²) >= 11 is 0. The van der Waals surface area contributed by atoms with E-state index in [2.05, 4.69) is 39.2 Å². The van der Waals surface area contributed by atoms with Gasteiger partial charge in [0.25, 0.3) is 0 Å². The molecule has 0 saturated heterocycles. The van der Waals surface area contributed by atoms with Crippen LogP contribution in [0.2, 0.25) is 18.1 Å². The predicted molar refractivity (Wildman–Crippen MR) is 151 cm³/mol. The van der Waals surface area contributed by atoms with E-state index in [-0.39, 0.29) is 22.8 Å². The van der Waals surface area contributed by atoms with Crippen molar-refractivity contribution >= 4 is 20.1 Å². The number of carbonyl (C=O) groups excluding carboxylic acids is 2. The molecule has 1 heterocycles. The quantitative estimate of drug-likeness (QED) is 0.302. The molecule has 1 aliphatic heterocycles. The molecule has 8 nitrogen and oxygen atoms in total. The summed E-state index contributed by atoms with van der Waals surface area (Å²) in [7, 11) is -0.319. The molecule has 1 unspecified atom stereocenters. The minimum absolute atomic E-state index is 0.0242. The van der Waals surface area contributed by atoms with Crippen molar-refractivity contribution in [1.29, 1.82) is 0 Å². The normalized spacial score (nSPS) is 24.8. The fraction of sp³-hybridized carbons (Fsp3) is 0.724. The van der Waals surface area contributed by atoms with Crippen molar-refractivity contribution in [3.05, 3.63) is 29.8 Å². The molecular formula is C29H48N2O6Si. The maximum atomic E-state index is 13.7. The Morgan fingerprint density at radius 2 is 1.92 bits per heavy atom. The number of amides is 2. The Balaban J connectivity index is 1.81. The molecule has 5 atom stereocenters. The highest BCUT2D eigenvalue weighted by Crippen LogP contribution is 2.49. The summed E-state index contributed by atoms with van der Waals surface area (Å²) in [6.07, 6.45) is 0.922. The molecule has 0 aromatic heterocycles. The van der Waals surface area contributed by atoms with Crippen LogP contribution in [0.25, 0.3) is 0 Å². The van der Waals surface area contributed by atoms with Crippen LogP contribution in [0.1, 0.15) is 64.9 Å². The average Bonchev–Trinajstić information content (AvgIpc) is 3.26. The zero-order valence-corrected chi connectivity index (χ0v) is 25.3. The van der Waals surface area contributed by atoms with Gasteiger partial charge in [-0.3, -0.25) is 9.59 Å². The van der Waals surface area contributed by atoms with Crippen molar-refractivity contribution in [3.8, 4) is 5.75 Å². The number of carbonyl (C=O) groups is 2. The van der Waals surface area contributed by atoms with E-state index in [0.29, 0.717) is 44.9 Å². The fourth-order valence-electron chi connectivity index (χ4n) is 5.30. The molecule has 2 N–H and O–H groups in total. The summed E-state index contributed by atoms with van der Waals surface area (Å²) in [6.45, 7) is 14.6. The number of nitrogens with zero attached hydrogens (tertiary/aromatic N) is 1. The Labute approximate surface area is 229 Å². The van der Waals surface area contributed by atoms with E-state index in [1.54, 1.807) is 12.0 Å². The molecule has 1 saturated carbocycles. The third-order valence-electron chi connectivity index (χ3n) is 8.56. The Hall–Kier alpha value is -1.94. The molecule has 1 aliphatic carbocycles. The lowest BCUT2D eigenvalue weighted by molar-refractivity contribution is -0.147. The number of hydrogen-bond donors (Lipinski definition) is 2. The maximum absolute atomic E-state index is 13.7. The van der Waals surface area contributed by atoms with Crippen LogP contribution in [0.5, 0.6) is 5.75 Å². The van der Waals surface area contributed by atoms with Crippen molar-refractivity contribution in [1.82, 2.24) is 10.2 Å². The van der Waals surface area contributed by atoms with Crippen molar-refractivity contribution in [2.45, 2.75) is 95.7 Å². The molecule has 1 aromatic rings. The highest BCUT2D eigenvalue weighted by Gasteiger charge is 2.54. The van der Waals surface area contributed by atoms with Gasteiger partial charge in [-0.1, -0.05) is 52.3 Å². The number of aliphatic hydroxyl groups is 1. The SMILES string of the molecule is CCCCC(=O)N(CCOC)[C@@H]1CC(C(=O)NCCO[Si](C)(C)C(C)(C)C)[C@@H]2c3ccccc3O[C@@H]2[C@H]1O. The summed E-state index contributed by atoms with van der Waals surface area (Å²) in [4.78, 5) is 28.6. The lowest BCUT2D eigenvalue weighted by atomic mass is 9.70. The first kappa shape index (κ1) is 30.6. The topological polar surface area (TPSA) is 97.3 Å². The number of hydrogen-bond acceptors (Lipinski definition) is 6. The molecule has 214 valence electrons. The summed E-state index contributed by atoms with van der Waals surface area (Å²) in [5, 5.41) is 14.7. The molecule has 2 amide bonds. The van der Waals surface area contributed by atoms with Gasteiger partial charge >= 0.3 is 0 Å². The Morgan fingerprint density at radius 3 is 2.58 bits per heavy atom. The molecule has 0 spiro atoms. The summed E-state index contributed by atoms with van der Waals surface area (Å²) in [6, 6.07) is 7.15. The van der Waals surface area contributed by atoms with Crippen molar-refractivity contribution in [2.24, 2.45) is 5.92 Å². The summed E-state index contributed by atoms with van der Waals surface area (Å²) < 4.78 is 17.8. The van der Waals surface area contributed by atoms with Crippen LogP contribution in [0.4, 0.5) is 0 Å². The summed E-state index contributed by atoms with van der Waals surface area (Å²) in [5.41, 5.74) is 0.938. The zero-order valence-electron chi connectivity index (χ0n) is 24.3. The maximum Gasteiger partial charge on any atom is 0.224 e. The summed E-state index contributed by atoms with van der Waals surface area (Å²) in [5.74, 6) is -0.155. The minimum Gasteiger partial charge on any atom is -0.487 e. The van der Waals surface area contributed by atoms with Crippen LogP contribution in [0.15, 0.2) is 24.3 Å². The van der Waals surface area contributed by atoms with E-state index >= 15 is 0 Å². The van der Waals surface area contributed by atoms with Gasteiger partial charge in [0.1, 0.15) is 18.0 Å². The molecule has 2 aliphatic rings. The van der Waals surface area contributed by atoms with E-state index in [1.165, 1.54) is 0 Å². The lowest BCUT2D eigenvalue weighted by Crippen LogP contribution is -2.60. The van der Waals surface area contributed by atoms with Gasteiger partial charge in [0, 0.05) is 38.1 Å². The van der Waals surface area contributed by atoms with E-state index in [1.807, 2.05) is 31.2 Å². The largest absolute Gasteiger partial charge is 0.487 e. The van der Waals surface area contributed by atoms with Gasteiger partial charge in [-0.2, -0.15) is 0 Å². The second kappa shape index (κ2) is 12.9. The Morgan fingerprint density at radius 1 is 1.21 bits per heavy atom. The van der Waals surface area contributed by atoms with Gasteiger partial charge in [0.05, 0.1) is 25.2 Å². The third-order valence-corrected chi connectivity index (χ3v) is 13.1. The zero-order chi connectivity index (χ0) is 28.1. The number of para-hydroxylation sites is 1. The lowest BCUT2D eigenvalue weighted by Gasteiger charge is -2.45. The van der Waals surface area contributed by atoms with Crippen LogP contribution in [0.3, 0.4) is 0 Å². The third kappa shape index (κ3) is 6.79. The van der Waals surface area contributed by atoms with Crippen molar-refractivity contribution < 1.29 is 28.6 Å². The molecule has 1 fully saturated rings. The number of rotatable bonds is 12. The molecule has 1 aromatic carbocycles. The van der Waals surface area contributed by atoms with E-state index in [9.17, 15) is 14.7 Å². The minimum atomic E-state index is -1.92. The van der Waals surface area contributed by atoms with Gasteiger partial charge in [-0.15, -0.1) is 0 Å². The fourth-order valence-corrected chi connectivity index (χ4v) is 6.34. The van der Waals surface area contributed by atoms with Gasteiger partial charge in [0.2, 0.25) is 11.8 Å². The Kier molecular flexibility index (Phi) is 10.4. The number of benzene rings is 1. The number of methoxy groups -OCH3 is 1. The first-order valence-electron chi connectivity index (χ1n) is 14.1. The standard InChI is InChI=1S/C29H48N2O6Si/c1-8-9-14-24(32)31(16-18-35-5)22-19-21(28(34)30-15-17-36-38(6,7)29(2,3)4)25-20-12-10-11-13-23(20)37-27(25)26(22)33/h10-13,21-22,25-27,33H,8-9,14-19H2,1-7H3,(H,30,34)/t21?,22-,25+,26+,27+/m1/s1. The van der Waals surface area contributed by atoms with E-state index < -0.39 is 32.5 Å². The number of fused-ring (bicyclic) bond motifs is 3. The van der Waals surface area contributed by atoms with Gasteiger partial charge in [-0.05, 0) is 37.0 Å². The van der Waals surface area contributed by atoms with Gasteiger partial charge < -0.3 is 29.2 Å². The molecular weight excluding hydrogens is 500 g/mol. The Bertz CT molecular complexity index is 949. The predicted octanol–water partition coefficient (Wildman–Crippen LogP) is 4.08. The van der Waals surface area contributed by atoms with Crippen LogP contribution in [-0.4, -0.2) is 81.8 Å². The molecule has 3 rings (SSSR count). The first-order chi connectivity index (χ1) is 17.9. The van der Waals surface area contributed by atoms with E-state index in [0.717, 1.165) is 18.4 Å². The van der Waals surface area contributed by atoms with Crippen LogP contribution >= 0.6 is 0 Å². The molecule has 38 heavy (non-hydrogen) atoms. The van der Waals surface area contributed by atoms with Gasteiger partial charge in [-0.25, -0.2) is 0 Å². The van der Waals surface area contributed by atoms with Crippen LogP contribution < -0.4 is 10.1 Å². The molecule has 9 heteroatoms. The van der Waals surface area contributed by atoms with Crippen molar-refractivity contribution in [2.75, 3.05) is 33.4 Å². The van der Waals surface area contributed by atoms with Crippen molar-refractivity contribution in [3.63, 3.8) is 0 Å². The second-order valence-electron chi connectivity index (χ2n) is 12.1. The van der Waals surface area contributed by atoms with E-state index in [4.69, 9.17) is 13.9 Å². The smallest absolute Gasteiger partial charge is 0.224 e. The second-order valence-corrected chi connectivity index (χ2v) is 16.9. The number of aliphatic hydroxyl groups excluding tert-OH is 1. The number of ether oxygens (including phenoxy) is 2. The molecule has 0 bridgehead atoms. The first-order valence-corrected chi connectivity index (χ1v) is 17.0. The molecule has 0 radical (unpaired) electrons. The van der Waals surface area contributed by atoms with Gasteiger partial charge in [0.15, 0.2) is 8.32 Å². The monoisotopic (exact) mass is 548 g/mol. The highest BCUT2D eigenvalue weighted by atomic mass is 28.4. The van der Waals surface area contributed by atoms with Crippen LogP contribution in [-0.2, 0) is 18.8 Å². The van der Waals surface area contributed by atoms with Crippen LogP contribution in [0, 0.1) is 5.92 Å². The average molecular weight is 549 g/mol.